The Kier molecular flexibility index (Phi) is 6.49. The third kappa shape index (κ3) is 4.39. The summed E-state index contributed by atoms with van der Waals surface area (Å²) in [6.07, 6.45) is -4.66. The van der Waals surface area contributed by atoms with E-state index in [1.165, 1.54) is 20.3 Å². The zero-order chi connectivity index (χ0) is 26.2. The maximum Gasteiger partial charge on any atom is 0.416 e. The number of ketones is 1. The fourth-order valence-corrected chi connectivity index (χ4v) is 4.23. The van der Waals surface area contributed by atoms with E-state index in [9.17, 15) is 27.9 Å². The molecule has 1 unspecified atom stereocenters. The Labute approximate surface area is 205 Å². The standard InChI is InChI=1S/C27H22F3NO5/c1-15-12-20(36-3)10-11-21(15)24(32)22-23(16-6-4-9-19(13-16)35-2)31(26(34)25(22)33)18-8-5-7-17(14-18)27(28,29)30/h4-14,23,32H,1-3H3/b24-22-. The minimum Gasteiger partial charge on any atom is -0.507 e. The topological polar surface area (TPSA) is 76.1 Å². The number of carbonyl (C=O) groups is 2. The van der Waals surface area contributed by atoms with Crippen LogP contribution < -0.4 is 14.4 Å². The molecule has 0 bridgehead atoms. The van der Waals surface area contributed by atoms with Gasteiger partial charge in [0.25, 0.3) is 11.7 Å². The number of alkyl halides is 3. The molecule has 3 aromatic carbocycles. The summed E-state index contributed by atoms with van der Waals surface area (Å²) in [7, 11) is 2.92. The summed E-state index contributed by atoms with van der Waals surface area (Å²) in [5.74, 6) is -1.60. The molecule has 0 aliphatic carbocycles. The van der Waals surface area contributed by atoms with E-state index >= 15 is 0 Å². The van der Waals surface area contributed by atoms with E-state index in [-0.39, 0.29) is 16.8 Å². The molecule has 0 spiro atoms. The molecule has 0 aromatic heterocycles. The van der Waals surface area contributed by atoms with Gasteiger partial charge in [-0.2, -0.15) is 13.2 Å². The maximum atomic E-state index is 13.4. The van der Waals surface area contributed by atoms with Crippen molar-refractivity contribution in [2.24, 2.45) is 0 Å². The van der Waals surface area contributed by atoms with Gasteiger partial charge >= 0.3 is 6.18 Å². The molecule has 3 aromatic rings. The van der Waals surface area contributed by atoms with Gasteiger partial charge in [-0.25, -0.2) is 0 Å². The first kappa shape index (κ1) is 24.8. The molecule has 1 saturated heterocycles. The summed E-state index contributed by atoms with van der Waals surface area (Å²) in [5.41, 5.74) is -0.132. The van der Waals surface area contributed by atoms with Crippen molar-refractivity contribution in [3.63, 3.8) is 0 Å². The number of aliphatic hydroxyl groups excluding tert-OH is 1. The number of hydrogen-bond acceptors (Lipinski definition) is 5. The van der Waals surface area contributed by atoms with Crippen molar-refractivity contribution in [3.8, 4) is 11.5 Å². The zero-order valence-electron chi connectivity index (χ0n) is 19.6. The number of ether oxygens (including phenoxy) is 2. The molecule has 6 nitrogen and oxygen atoms in total. The molecule has 0 radical (unpaired) electrons. The van der Waals surface area contributed by atoms with Crippen LogP contribution in [0.1, 0.15) is 28.3 Å². The normalized spacial score (nSPS) is 17.4. The quantitative estimate of drug-likeness (QED) is 0.280. The van der Waals surface area contributed by atoms with Crippen LogP contribution in [0.15, 0.2) is 72.3 Å². The lowest BCUT2D eigenvalue weighted by molar-refractivity contribution is -0.137. The lowest BCUT2D eigenvalue weighted by Crippen LogP contribution is -2.29. The Morgan fingerprint density at radius 3 is 2.22 bits per heavy atom. The van der Waals surface area contributed by atoms with Crippen LogP contribution in [0.5, 0.6) is 11.5 Å². The number of amides is 1. The van der Waals surface area contributed by atoms with Gasteiger partial charge in [-0.15, -0.1) is 0 Å². The van der Waals surface area contributed by atoms with Crippen LogP contribution in [0.25, 0.3) is 5.76 Å². The molecule has 1 heterocycles. The smallest absolute Gasteiger partial charge is 0.416 e. The molecule has 1 atom stereocenters. The highest BCUT2D eigenvalue weighted by Gasteiger charge is 2.47. The molecule has 36 heavy (non-hydrogen) atoms. The second kappa shape index (κ2) is 9.41. The highest BCUT2D eigenvalue weighted by molar-refractivity contribution is 6.51. The second-order valence-corrected chi connectivity index (χ2v) is 8.17. The Bertz CT molecular complexity index is 1380. The minimum absolute atomic E-state index is 0.134. The van der Waals surface area contributed by atoms with Gasteiger partial charge in [0, 0.05) is 11.3 Å². The molecule has 1 aliphatic heterocycles. The fraction of sp³-hybridized carbons (Fsp3) is 0.185. The molecule has 1 aliphatic rings. The van der Waals surface area contributed by atoms with E-state index in [1.807, 2.05) is 0 Å². The predicted octanol–water partition coefficient (Wildman–Crippen LogP) is 5.66. The molecule has 186 valence electrons. The Morgan fingerprint density at radius 1 is 0.917 bits per heavy atom. The third-order valence-electron chi connectivity index (χ3n) is 5.99. The number of anilines is 1. The number of Topliss-reactive ketones (excluding diaryl/α,β-unsaturated/α-hetero) is 1. The second-order valence-electron chi connectivity index (χ2n) is 8.17. The zero-order valence-corrected chi connectivity index (χ0v) is 19.6. The van der Waals surface area contributed by atoms with Crippen molar-refractivity contribution in [1.29, 1.82) is 0 Å². The number of hydrogen-bond donors (Lipinski definition) is 1. The van der Waals surface area contributed by atoms with Crippen molar-refractivity contribution >= 4 is 23.1 Å². The fourth-order valence-electron chi connectivity index (χ4n) is 4.23. The van der Waals surface area contributed by atoms with E-state index in [4.69, 9.17) is 9.47 Å². The van der Waals surface area contributed by atoms with Gasteiger partial charge < -0.3 is 14.6 Å². The van der Waals surface area contributed by atoms with Gasteiger partial charge in [-0.1, -0.05) is 18.2 Å². The molecule has 9 heteroatoms. The minimum atomic E-state index is -4.66. The van der Waals surface area contributed by atoms with E-state index in [1.54, 1.807) is 49.4 Å². The van der Waals surface area contributed by atoms with Gasteiger partial charge in [0.1, 0.15) is 17.3 Å². The van der Waals surface area contributed by atoms with E-state index < -0.39 is 35.2 Å². The number of aryl methyl sites for hydroxylation is 1. The Hall–Kier alpha value is -4.27. The highest BCUT2D eigenvalue weighted by Crippen LogP contribution is 2.44. The summed E-state index contributed by atoms with van der Waals surface area (Å²) in [6.45, 7) is 1.70. The number of rotatable bonds is 5. The van der Waals surface area contributed by atoms with Crippen LogP contribution in [0.3, 0.4) is 0 Å². The molecule has 1 fully saturated rings. The van der Waals surface area contributed by atoms with Crippen LogP contribution >= 0.6 is 0 Å². The summed E-state index contributed by atoms with van der Waals surface area (Å²) in [4.78, 5) is 27.5. The number of aliphatic hydroxyl groups is 1. The van der Waals surface area contributed by atoms with Crippen molar-refractivity contribution < 1.29 is 37.3 Å². The first-order chi connectivity index (χ1) is 17.1. The molecule has 1 N–H and O–H groups in total. The van der Waals surface area contributed by atoms with Crippen molar-refractivity contribution in [1.82, 2.24) is 0 Å². The predicted molar refractivity (Wildman–Crippen MR) is 127 cm³/mol. The SMILES string of the molecule is COc1cccc(C2/C(=C(/O)c3ccc(OC)cc3C)C(=O)C(=O)N2c2cccc(C(F)(F)F)c2)c1. The molecule has 0 saturated carbocycles. The Morgan fingerprint density at radius 2 is 1.58 bits per heavy atom. The number of halogens is 3. The van der Waals surface area contributed by atoms with Crippen LogP contribution in [0.4, 0.5) is 18.9 Å². The maximum absolute atomic E-state index is 13.4. The number of methoxy groups -OCH3 is 2. The number of nitrogens with zero attached hydrogens (tertiary/aromatic N) is 1. The number of carbonyl (C=O) groups excluding carboxylic acids is 2. The lowest BCUT2D eigenvalue weighted by atomic mass is 9.93. The van der Waals surface area contributed by atoms with Crippen LogP contribution in [-0.4, -0.2) is 31.0 Å². The average Bonchev–Trinajstić information content (AvgIpc) is 3.13. The van der Waals surface area contributed by atoms with Gasteiger partial charge in [-0.3, -0.25) is 14.5 Å². The first-order valence-electron chi connectivity index (χ1n) is 10.8. The van der Waals surface area contributed by atoms with Crippen molar-refractivity contribution in [2.75, 3.05) is 19.1 Å². The van der Waals surface area contributed by atoms with Crippen molar-refractivity contribution in [2.45, 2.75) is 19.1 Å². The lowest BCUT2D eigenvalue weighted by Gasteiger charge is -2.26. The van der Waals surface area contributed by atoms with Crippen LogP contribution in [0, 0.1) is 6.92 Å². The Balaban J connectivity index is 1.97. The summed E-state index contributed by atoms with van der Waals surface area (Å²) < 4.78 is 50.8. The molecular weight excluding hydrogens is 475 g/mol. The monoisotopic (exact) mass is 497 g/mol. The van der Waals surface area contributed by atoms with Gasteiger partial charge in [0.2, 0.25) is 0 Å². The molecule has 1 amide bonds. The largest absolute Gasteiger partial charge is 0.507 e. The molecular formula is C27H22F3NO5. The summed E-state index contributed by atoms with van der Waals surface area (Å²) in [6, 6.07) is 14.2. The summed E-state index contributed by atoms with van der Waals surface area (Å²) in [5, 5.41) is 11.3. The average molecular weight is 497 g/mol. The van der Waals surface area contributed by atoms with E-state index in [0.29, 0.717) is 22.6 Å². The van der Waals surface area contributed by atoms with E-state index in [2.05, 4.69) is 0 Å². The summed E-state index contributed by atoms with van der Waals surface area (Å²) >= 11 is 0. The van der Waals surface area contributed by atoms with Crippen molar-refractivity contribution in [3.05, 3.63) is 94.6 Å². The first-order valence-corrected chi connectivity index (χ1v) is 10.8. The van der Waals surface area contributed by atoms with E-state index in [0.717, 1.165) is 23.1 Å². The van der Waals surface area contributed by atoms with Crippen LogP contribution in [-0.2, 0) is 15.8 Å². The molecule has 4 rings (SSSR count). The van der Waals surface area contributed by atoms with Gasteiger partial charge in [0.15, 0.2) is 0 Å². The number of benzene rings is 3. The van der Waals surface area contributed by atoms with Gasteiger partial charge in [-0.05, 0) is 66.6 Å². The highest BCUT2D eigenvalue weighted by atomic mass is 19.4. The van der Waals surface area contributed by atoms with Gasteiger partial charge in [0.05, 0.1) is 31.4 Å². The third-order valence-corrected chi connectivity index (χ3v) is 5.99. The van der Waals surface area contributed by atoms with Crippen LogP contribution in [0.2, 0.25) is 0 Å².